The van der Waals surface area contributed by atoms with Crippen LogP contribution in [0.5, 0.6) is 0 Å². The fourth-order valence-electron chi connectivity index (χ4n) is 1.33. The van der Waals surface area contributed by atoms with Gasteiger partial charge in [-0.2, -0.15) is 0 Å². The van der Waals surface area contributed by atoms with Gasteiger partial charge in [-0.25, -0.2) is 4.98 Å². The lowest BCUT2D eigenvalue weighted by Gasteiger charge is -2.20. The van der Waals surface area contributed by atoms with Crippen molar-refractivity contribution in [2.75, 3.05) is 13.7 Å². The summed E-state index contributed by atoms with van der Waals surface area (Å²) in [4.78, 5) is 18.5. The zero-order valence-corrected chi connectivity index (χ0v) is 11.0. The van der Waals surface area contributed by atoms with E-state index in [0.717, 1.165) is 5.69 Å². The van der Waals surface area contributed by atoms with Gasteiger partial charge in [0, 0.05) is 31.7 Å². The van der Waals surface area contributed by atoms with Gasteiger partial charge in [-0.1, -0.05) is 0 Å². The van der Waals surface area contributed by atoms with Crippen molar-refractivity contribution in [1.82, 2.24) is 15.3 Å². The molecule has 1 aromatic heterocycles. The number of aromatic nitrogens is 2. The molecule has 0 saturated carbocycles. The second kappa shape index (κ2) is 5.93. The quantitative estimate of drug-likeness (QED) is 0.799. The summed E-state index contributed by atoms with van der Waals surface area (Å²) in [6, 6.07) is 1.52. The van der Waals surface area contributed by atoms with Gasteiger partial charge in [0.15, 0.2) is 0 Å². The van der Waals surface area contributed by atoms with Crippen LogP contribution in [0.2, 0.25) is 0 Å². The van der Waals surface area contributed by atoms with Crippen LogP contribution in [-0.4, -0.2) is 29.2 Å². The first kappa shape index (κ1) is 13.9. The average molecular weight is 239 g/mol. The molecule has 0 aromatic carbocycles. The molecule has 0 amide bonds. The Morgan fingerprint density at radius 2 is 2.18 bits per heavy atom. The molecule has 0 atom stereocenters. The average Bonchev–Trinajstić information content (AvgIpc) is 2.22. The Hall–Kier alpha value is -1.20. The molecule has 1 rings (SSSR count). The highest BCUT2D eigenvalue weighted by Crippen LogP contribution is 2.01. The van der Waals surface area contributed by atoms with E-state index in [1.54, 1.807) is 7.11 Å². The highest BCUT2D eigenvalue weighted by molar-refractivity contribution is 5.03. The van der Waals surface area contributed by atoms with Gasteiger partial charge >= 0.3 is 0 Å². The number of rotatable bonds is 5. The first-order valence-electron chi connectivity index (χ1n) is 5.74. The predicted octanol–water partition coefficient (Wildman–Crippen LogP) is 0.847. The van der Waals surface area contributed by atoms with E-state index >= 15 is 0 Å². The fourth-order valence-corrected chi connectivity index (χ4v) is 1.33. The molecule has 0 aliphatic heterocycles. The summed E-state index contributed by atoms with van der Waals surface area (Å²) >= 11 is 0. The van der Waals surface area contributed by atoms with Gasteiger partial charge in [-0.3, -0.25) is 4.79 Å². The molecule has 96 valence electrons. The molecule has 0 fully saturated rings. The number of hydrogen-bond donors (Lipinski definition) is 2. The second-order valence-corrected chi connectivity index (χ2v) is 5.03. The van der Waals surface area contributed by atoms with Crippen molar-refractivity contribution in [3.8, 4) is 0 Å². The Bertz CT molecular complexity index is 407. The number of nitrogens with zero attached hydrogens (tertiary/aromatic N) is 1. The van der Waals surface area contributed by atoms with Crippen LogP contribution in [0.4, 0.5) is 0 Å². The summed E-state index contributed by atoms with van der Waals surface area (Å²) in [5.41, 5.74) is 0.656. The van der Waals surface area contributed by atoms with Gasteiger partial charge in [0.05, 0.1) is 12.3 Å². The van der Waals surface area contributed by atoms with Crippen molar-refractivity contribution in [2.45, 2.75) is 39.3 Å². The lowest BCUT2D eigenvalue weighted by atomic mass is 10.1. The van der Waals surface area contributed by atoms with E-state index < -0.39 is 0 Å². The molecule has 5 heteroatoms. The van der Waals surface area contributed by atoms with Crippen LogP contribution in [0.3, 0.4) is 0 Å². The summed E-state index contributed by atoms with van der Waals surface area (Å²) < 4.78 is 4.96. The number of aromatic amines is 1. The summed E-state index contributed by atoms with van der Waals surface area (Å²) in [5.74, 6) is 0.671. The Kier molecular flexibility index (Phi) is 4.84. The van der Waals surface area contributed by atoms with E-state index in [2.05, 4.69) is 36.1 Å². The minimum atomic E-state index is -0.114. The highest BCUT2D eigenvalue weighted by atomic mass is 16.5. The maximum atomic E-state index is 11.4. The van der Waals surface area contributed by atoms with Crippen molar-refractivity contribution in [1.29, 1.82) is 0 Å². The molecule has 1 heterocycles. The Balaban J connectivity index is 2.72. The molecule has 0 radical (unpaired) electrons. The molecule has 5 nitrogen and oxygen atoms in total. The van der Waals surface area contributed by atoms with Crippen LogP contribution in [0.1, 0.15) is 32.3 Å². The minimum Gasteiger partial charge on any atom is -0.384 e. The third-order valence-corrected chi connectivity index (χ3v) is 2.19. The Morgan fingerprint density at radius 3 is 2.76 bits per heavy atom. The predicted molar refractivity (Wildman–Crippen MR) is 67.0 cm³/mol. The summed E-state index contributed by atoms with van der Waals surface area (Å²) in [7, 11) is 1.63. The third kappa shape index (κ3) is 5.60. The van der Waals surface area contributed by atoms with E-state index in [9.17, 15) is 4.79 Å². The molecule has 0 bridgehead atoms. The van der Waals surface area contributed by atoms with E-state index in [-0.39, 0.29) is 11.1 Å². The first-order chi connectivity index (χ1) is 7.90. The standard InChI is InChI=1S/C12H21N3O2/c1-12(2,3)13-8-9-7-11(16)15-10(14-9)5-6-17-4/h7,13H,5-6,8H2,1-4H3,(H,14,15,16). The smallest absolute Gasteiger partial charge is 0.251 e. The molecular weight excluding hydrogens is 218 g/mol. The van der Waals surface area contributed by atoms with Crippen molar-refractivity contribution in [3.63, 3.8) is 0 Å². The van der Waals surface area contributed by atoms with Gasteiger partial charge in [0.25, 0.3) is 5.56 Å². The summed E-state index contributed by atoms with van der Waals surface area (Å²) in [6.45, 7) is 7.37. The summed E-state index contributed by atoms with van der Waals surface area (Å²) in [5, 5.41) is 3.30. The zero-order valence-electron chi connectivity index (χ0n) is 11.0. The number of nitrogens with one attached hydrogen (secondary N) is 2. The van der Waals surface area contributed by atoms with Crippen molar-refractivity contribution in [2.24, 2.45) is 0 Å². The van der Waals surface area contributed by atoms with E-state index in [0.29, 0.717) is 25.4 Å². The number of methoxy groups -OCH3 is 1. The van der Waals surface area contributed by atoms with Crippen molar-refractivity contribution >= 4 is 0 Å². The lowest BCUT2D eigenvalue weighted by Crippen LogP contribution is -2.35. The van der Waals surface area contributed by atoms with Gasteiger partial charge in [0.2, 0.25) is 0 Å². The van der Waals surface area contributed by atoms with Crippen molar-refractivity contribution in [3.05, 3.63) is 27.9 Å². The molecule has 0 spiro atoms. The van der Waals surface area contributed by atoms with E-state index in [1.807, 2.05) is 0 Å². The van der Waals surface area contributed by atoms with Gasteiger partial charge < -0.3 is 15.0 Å². The molecule has 0 aliphatic rings. The van der Waals surface area contributed by atoms with Crippen LogP contribution >= 0.6 is 0 Å². The topological polar surface area (TPSA) is 67.0 Å². The molecule has 0 unspecified atom stereocenters. The summed E-state index contributed by atoms with van der Waals surface area (Å²) in [6.07, 6.45) is 0.620. The first-order valence-corrected chi connectivity index (χ1v) is 5.74. The molecule has 1 aromatic rings. The maximum Gasteiger partial charge on any atom is 0.251 e. The molecule has 0 saturated heterocycles. The van der Waals surface area contributed by atoms with Crippen LogP contribution < -0.4 is 10.9 Å². The van der Waals surface area contributed by atoms with Crippen molar-refractivity contribution < 1.29 is 4.74 Å². The molecule has 17 heavy (non-hydrogen) atoms. The lowest BCUT2D eigenvalue weighted by molar-refractivity contribution is 0.200. The minimum absolute atomic E-state index is 0.0109. The molecule has 2 N–H and O–H groups in total. The Labute approximate surface area is 102 Å². The fraction of sp³-hybridized carbons (Fsp3) is 0.667. The molecular formula is C12H21N3O2. The van der Waals surface area contributed by atoms with Crippen LogP contribution in [0.15, 0.2) is 10.9 Å². The second-order valence-electron chi connectivity index (χ2n) is 5.03. The zero-order chi connectivity index (χ0) is 12.9. The number of hydrogen-bond acceptors (Lipinski definition) is 4. The van der Waals surface area contributed by atoms with Gasteiger partial charge in [-0.15, -0.1) is 0 Å². The normalized spacial score (nSPS) is 11.8. The number of H-pyrrole nitrogens is 1. The molecule has 0 aliphatic carbocycles. The van der Waals surface area contributed by atoms with Gasteiger partial charge in [0.1, 0.15) is 5.82 Å². The monoisotopic (exact) mass is 239 g/mol. The van der Waals surface area contributed by atoms with Gasteiger partial charge in [-0.05, 0) is 20.8 Å². The van der Waals surface area contributed by atoms with Crippen LogP contribution in [-0.2, 0) is 17.7 Å². The Morgan fingerprint density at radius 1 is 1.47 bits per heavy atom. The SMILES string of the molecule is COCCc1nc(CNC(C)(C)C)cc(=O)[nH]1. The highest BCUT2D eigenvalue weighted by Gasteiger charge is 2.09. The maximum absolute atomic E-state index is 11.4. The van der Waals surface area contributed by atoms with Crippen LogP contribution in [0.25, 0.3) is 0 Å². The third-order valence-electron chi connectivity index (χ3n) is 2.19. The van der Waals surface area contributed by atoms with E-state index in [1.165, 1.54) is 6.07 Å². The largest absolute Gasteiger partial charge is 0.384 e. The van der Waals surface area contributed by atoms with E-state index in [4.69, 9.17) is 4.74 Å². The van der Waals surface area contributed by atoms with Crippen LogP contribution in [0, 0.1) is 0 Å². The number of ether oxygens (including phenoxy) is 1.